The van der Waals surface area contributed by atoms with Gasteiger partial charge in [0.15, 0.2) is 0 Å². The van der Waals surface area contributed by atoms with Crippen molar-refractivity contribution in [2.75, 3.05) is 7.11 Å². The normalized spacial score (nSPS) is 8.71. The van der Waals surface area contributed by atoms with Crippen molar-refractivity contribution in [3.63, 3.8) is 0 Å². The fourth-order valence-corrected chi connectivity index (χ4v) is 1.13. The monoisotopic (exact) mass is 254 g/mol. The van der Waals surface area contributed by atoms with Gasteiger partial charge in [0.05, 0.1) is 12.7 Å². The van der Waals surface area contributed by atoms with Crippen LogP contribution in [-0.2, 0) is 9.53 Å². The SMILES string of the molecule is COC(=O)C#Cc1ccc(Br)cc1O. The largest absolute Gasteiger partial charge is 0.507 e. The minimum Gasteiger partial charge on any atom is -0.507 e. The highest BCUT2D eigenvalue weighted by molar-refractivity contribution is 9.10. The summed E-state index contributed by atoms with van der Waals surface area (Å²) in [6.45, 7) is 0. The molecule has 0 aliphatic rings. The lowest BCUT2D eigenvalue weighted by Crippen LogP contribution is -1.94. The summed E-state index contributed by atoms with van der Waals surface area (Å²) < 4.78 is 5.08. The Labute approximate surface area is 89.8 Å². The molecule has 0 fully saturated rings. The molecule has 14 heavy (non-hydrogen) atoms. The van der Waals surface area contributed by atoms with Gasteiger partial charge in [0.25, 0.3) is 0 Å². The zero-order valence-corrected chi connectivity index (χ0v) is 8.96. The molecule has 0 heterocycles. The van der Waals surface area contributed by atoms with Gasteiger partial charge in [-0.1, -0.05) is 21.9 Å². The molecule has 4 heteroatoms. The fourth-order valence-electron chi connectivity index (χ4n) is 0.780. The third-order valence-electron chi connectivity index (χ3n) is 1.44. The number of esters is 1. The van der Waals surface area contributed by atoms with Gasteiger partial charge in [0.2, 0.25) is 0 Å². The number of ether oxygens (including phenoxy) is 1. The number of halogens is 1. The van der Waals surface area contributed by atoms with E-state index < -0.39 is 5.97 Å². The van der Waals surface area contributed by atoms with E-state index in [1.165, 1.54) is 13.2 Å². The highest BCUT2D eigenvalue weighted by Gasteiger charge is 1.98. The van der Waals surface area contributed by atoms with Crippen molar-refractivity contribution in [2.45, 2.75) is 0 Å². The van der Waals surface area contributed by atoms with Crippen LogP contribution in [0.1, 0.15) is 5.56 Å². The molecule has 0 radical (unpaired) electrons. The van der Waals surface area contributed by atoms with E-state index >= 15 is 0 Å². The first kappa shape index (κ1) is 10.6. The molecule has 0 bridgehead atoms. The Balaban J connectivity index is 2.96. The smallest absolute Gasteiger partial charge is 0.384 e. The molecule has 0 unspecified atom stereocenters. The zero-order valence-electron chi connectivity index (χ0n) is 7.37. The second-order valence-corrected chi connectivity index (χ2v) is 3.32. The van der Waals surface area contributed by atoms with Crippen molar-refractivity contribution in [3.05, 3.63) is 28.2 Å². The van der Waals surface area contributed by atoms with E-state index in [9.17, 15) is 9.90 Å². The maximum atomic E-state index is 10.7. The van der Waals surface area contributed by atoms with E-state index in [1.54, 1.807) is 12.1 Å². The summed E-state index contributed by atoms with van der Waals surface area (Å²) in [5.41, 5.74) is 0.388. The zero-order chi connectivity index (χ0) is 10.6. The molecule has 0 saturated heterocycles. The molecule has 0 saturated carbocycles. The third-order valence-corrected chi connectivity index (χ3v) is 1.94. The van der Waals surface area contributed by atoms with Crippen molar-refractivity contribution in [3.8, 4) is 17.6 Å². The van der Waals surface area contributed by atoms with Crippen LogP contribution in [0.2, 0.25) is 0 Å². The Bertz CT molecular complexity index is 415. The number of rotatable bonds is 0. The summed E-state index contributed by atoms with van der Waals surface area (Å²) in [5, 5.41) is 9.39. The number of hydrogen-bond donors (Lipinski definition) is 1. The number of methoxy groups -OCH3 is 1. The van der Waals surface area contributed by atoms with Crippen LogP contribution in [0.25, 0.3) is 0 Å². The summed E-state index contributed by atoms with van der Waals surface area (Å²) in [6.07, 6.45) is 0. The van der Waals surface area contributed by atoms with E-state index in [-0.39, 0.29) is 5.75 Å². The van der Waals surface area contributed by atoms with Gasteiger partial charge in [0.1, 0.15) is 5.75 Å². The molecule has 0 aromatic heterocycles. The Kier molecular flexibility index (Phi) is 3.55. The van der Waals surface area contributed by atoms with Crippen molar-refractivity contribution in [2.24, 2.45) is 0 Å². The van der Waals surface area contributed by atoms with Crippen molar-refractivity contribution < 1.29 is 14.6 Å². The molecule has 0 amide bonds. The van der Waals surface area contributed by atoms with Crippen LogP contribution in [0.3, 0.4) is 0 Å². The average molecular weight is 255 g/mol. The lowest BCUT2D eigenvalue weighted by Gasteiger charge is -1.96. The van der Waals surface area contributed by atoms with Crippen LogP contribution in [0.4, 0.5) is 0 Å². The van der Waals surface area contributed by atoms with E-state index in [0.29, 0.717) is 5.56 Å². The Morgan fingerprint density at radius 2 is 2.29 bits per heavy atom. The fraction of sp³-hybridized carbons (Fsp3) is 0.100. The van der Waals surface area contributed by atoms with Gasteiger partial charge in [-0.15, -0.1) is 0 Å². The molecule has 1 aromatic carbocycles. The number of phenolic OH excluding ortho intramolecular Hbond substituents is 1. The molecule has 1 N–H and O–H groups in total. The third kappa shape index (κ3) is 2.79. The van der Waals surface area contributed by atoms with Gasteiger partial charge < -0.3 is 9.84 Å². The quantitative estimate of drug-likeness (QED) is 0.566. The van der Waals surface area contributed by atoms with Crippen LogP contribution in [0, 0.1) is 11.8 Å². The summed E-state index contributed by atoms with van der Waals surface area (Å²) in [7, 11) is 1.25. The molecule has 0 aliphatic carbocycles. The van der Waals surface area contributed by atoms with E-state index in [4.69, 9.17) is 0 Å². The first-order chi connectivity index (χ1) is 6.63. The van der Waals surface area contributed by atoms with Crippen LogP contribution >= 0.6 is 15.9 Å². The molecule has 0 aliphatic heterocycles. The molecule has 3 nitrogen and oxygen atoms in total. The van der Waals surface area contributed by atoms with Gasteiger partial charge in [-0.25, -0.2) is 4.79 Å². The molecular formula is C10H7BrO3. The van der Waals surface area contributed by atoms with Gasteiger partial charge in [-0.3, -0.25) is 0 Å². The Morgan fingerprint density at radius 1 is 1.57 bits per heavy atom. The molecule has 1 rings (SSSR count). The predicted molar refractivity (Wildman–Crippen MR) is 54.7 cm³/mol. The van der Waals surface area contributed by atoms with Crippen molar-refractivity contribution in [1.29, 1.82) is 0 Å². The summed E-state index contributed by atoms with van der Waals surface area (Å²) in [6, 6.07) is 4.83. The number of benzene rings is 1. The van der Waals surface area contributed by atoms with Gasteiger partial charge in [-0.05, 0) is 18.2 Å². The number of aromatic hydroxyl groups is 1. The lowest BCUT2D eigenvalue weighted by molar-refractivity contribution is -0.133. The lowest BCUT2D eigenvalue weighted by atomic mass is 10.2. The minimum absolute atomic E-state index is 0.0239. The number of hydrogen-bond acceptors (Lipinski definition) is 3. The second-order valence-electron chi connectivity index (χ2n) is 2.40. The van der Waals surface area contributed by atoms with Crippen LogP contribution in [0.15, 0.2) is 22.7 Å². The Hall–Kier alpha value is -1.47. The first-order valence-corrected chi connectivity index (χ1v) is 4.51. The highest BCUT2D eigenvalue weighted by atomic mass is 79.9. The summed E-state index contributed by atoms with van der Waals surface area (Å²) in [4.78, 5) is 10.7. The van der Waals surface area contributed by atoms with Crippen molar-refractivity contribution in [1.82, 2.24) is 0 Å². The van der Waals surface area contributed by atoms with E-state index in [0.717, 1.165) is 4.47 Å². The molecule has 0 spiro atoms. The van der Waals surface area contributed by atoms with Crippen LogP contribution < -0.4 is 0 Å². The second kappa shape index (κ2) is 4.68. The van der Waals surface area contributed by atoms with Crippen molar-refractivity contribution >= 4 is 21.9 Å². The maximum Gasteiger partial charge on any atom is 0.384 e. The van der Waals surface area contributed by atoms with Crippen LogP contribution in [0.5, 0.6) is 5.75 Å². The minimum atomic E-state index is -0.632. The van der Waals surface area contributed by atoms with Gasteiger partial charge in [0, 0.05) is 10.4 Å². The number of carbonyl (C=O) groups excluding carboxylic acids is 1. The molecule has 0 atom stereocenters. The topological polar surface area (TPSA) is 46.5 Å². The van der Waals surface area contributed by atoms with Gasteiger partial charge >= 0.3 is 5.97 Å². The summed E-state index contributed by atoms with van der Waals surface area (Å²) in [5.74, 6) is 4.11. The maximum absolute atomic E-state index is 10.7. The van der Waals surface area contributed by atoms with Crippen LogP contribution in [-0.4, -0.2) is 18.2 Å². The van der Waals surface area contributed by atoms with E-state index in [2.05, 4.69) is 32.5 Å². The Morgan fingerprint density at radius 3 is 2.86 bits per heavy atom. The predicted octanol–water partition coefficient (Wildman–Crippen LogP) is 1.68. The highest BCUT2D eigenvalue weighted by Crippen LogP contribution is 2.21. The number of carbonyl (C=O) groups is 1. The summed E-state index contributed by atoms with van der Waals surface area (Å²) >= 11 is 3.19. The van der Waals surface area contributed by atoms with Gasteiger partial charge in [-0.2, -0.15) is 0 Å². The molecule has 1 aromatic rings. The molecular weight excluding hydrogens is 248 g/mol. The first-order valence-electron chi connectivity index (χ1n) is 3.72. The molecule has 72 valence electrons. The standard InChI is InChI=1S/C10H7BrO3/c1-14-10(13)5-3-7-2-4-8(11)6-9(7)12/h2,4,6,12H,1H3. The number of phenols is 1. The van der Waals surface area contributed by atoms with E-state index in [1.807, 2.05) is 0 Å². The average Bonchev–Trinajstić information content (AvgIpc) is 2.16.